The number of carboxylic acids is 2. The molecule has 0 bridgehead atoms. The molecule has 0 saturated carbocycles. The average Bonchev–Trinajstić information content (AvgIpc) is 2.84. The molecular formula is C33H58O5. The van der Waals surface area contributed by atoms with E-state index in [0.717, 1.165) is 19.3 Å². The summed E-state index contributed by atoms with van der Waals surface area (Å²) in [6.45, 7) is 12.1. The normalized spacial score (nSPS) is 20.2. The first-order valence-electron chi connectivity index (χ1n) is 15.5. The Hall–Kier alpha value is -1.78. The van der Waals surface area contributed by atoms with E-state index in [1.165, 1.54) is 77.0 Å². The van der Waals surface area contributed by atoms with Gasteiger partial charge in [0.05, 0.1) is 0 Å². The molecule has 2 atom stereocenters. The molecule has 0 radical (unpaired) electrons. The third kappa shape index (κ3) is 8.88. The maximum atomic E-state index is 12.5. The zero-order valence-corrected chi connectivity index (χ0v) is 25.4. The summed E-state index contributed by atoms with van der Waals surface area (Å²) in [6, 6.07) is 0. The van der Waals surface area contributed by atoms with E-state index in [-0.39, 0.29) is 29.1 Å². The van der Waals surface area contributed by atoms with E-state index in [2.05, 4.69) is 6.92 Å². The van der Waals surface area contributed by atoms with Gasteiger partial charge in [0.25, 0.3) is 0 Å². The van der Waals surface area contributed by atoms with Crippen LogP contribution in [-0.2, 0) is 9.59 Å². The highest BCUT2D eigenvalue weighted by Gasteiger charge is 2.56. The molecule has 1 aliphatic carbocycles. The third-order valence-electron chi connectivity index (χ3n) is 9.36. The van der Waals surface area contributed by atoms with E-state index in [0.29, 0.717) is 6.42 Å². The van der Waals surface area contributed by atoms with Crippen LogP contribution in [0.3, 0.4) is 0 Å². The molecule has 0 aromatic rings. The second-order valence-corrected chi connectivity index (χ2v) is 12.9. The van der Waals surface area contributed by atoms with Crippen molar-refractivity contribution in [2.45, 2.75) is 151 Å². The van der Waals surface area contributed by atoms with Crippen LogP contribution >= 0.6 is 0 Å². The largest absolute Gasteiger partial charge is 0.511 e. The minimum Gasteiger partial charge on any atom is -0.511 e. The van der Waals surface area contributed by atoms with Gasteiger partial charge < -0.3 is 15.3 Å². The van der Waals surface area contributed by atoms with Gasteiger partial charge in [-0.3, -0.25) is 9.59 Å². The fourth-order valence-electron chi connectivity index (χ4n) is 6.00. The van der Waals surface area contributed by atoms with Gasteiger partial charge in [0.15, 0.2) is 5.41 Å². The highest BCUT2D eigenvalue weighted by Crippen LogP contribution is 2.55. The lowest BCUT2D eigenvalue weighted by atomic mass is 9.56. The molecule has 5 nitrogen and oxygen atoms in total. The van der Waals surface area contributed by atoms with Crippen molar-refractivity contribution < 1.29 is 24.9 Å². The van der Waals surface area contributed by atoms with Crippen molar-refractivity contribution >= 4 is 11.9 Å². The van der Waals surface area contributed by atoms with Crippen molar-refractivity contribution in [2.75, 3.05) is 0 Å². The molecule has 0 aromatic carbocycles. The van der Waals surface area contributed by atoms with E-state index in [1.54, 1.807) is 6.08 Å². The Bertz CT molecular complexity index is 774. The van der Waals surface area contributed by atoms with E-state index in [9.17, 15) is 24.9 Å². The molecule has 0 spiro atoms. The Kier molecular flexibility index (Phi) is 14.7. The zero-order valence-electron chi connectivity index (χ0n) is 25.4. The number of aliphatic hydroxyl groups is 1. The van der Waals surface area contributed by atoms with Crippen LogP contribution in [-0.4, -0.2) is 27.3 Å². The number of rotatable bonds is 20. The molecule has 5 heteroatoms. The zero-order chi connectivity index (χ0) is 28.8. The lowest BCUT2D eigenvalue weighted by molar-refractivity contribution is -0.162. The molecule has 1 rings (SSSR count). The SMILES string of the molecule is CCCCCCCCCCCCCCCCCCC(C(=O)O)(C(=O)O)C1=C(O)C(C)(C(C)(C)C)C(C)C=C1. The number of aliphatic hydroxyl groups excluding tert-OH is 1. The maximum absolute atomic E-state index is 12.5. The molecule has 0 aliphatic heterocycles. The molecule has 0 fully saturated rings. The van der Waals surface area contributed by atoms with Gasteiger partial charge in [-0.15, -0.1) is 0 Å². The van der Waals surface area contributed by atoms with Crippen molar-refractivity contribution in [2.24, 2.45) is 22.2 Å². The number of aliphatic carboxylic acids is 2. The average molecular weight is 535 g/mol. The van der Waals surface area contributed by atoms with Gasteiger partial charge in [-0.05, 0) is 17.8 Å². The second-order valence-electron chi connectivity index (χ2n) is 12.9. The summed E-state index contributed by atoms with van der Waals surface area (Å²) in [5.41, 5.74) is -3.25. The van der Waals surface area contributed by atoms with Gasteiger partial charge in [-0.2, -0.15) is 0 Å². The molecule has 3 N–H and O–H groups in total. The number of unbranched alkanes of at least 4 members (excludes halogenated alkanes) is 15. The quantitative estimate of drug-likeness (QED) is 0.107. The molecule has 220 valence electrons. The standard InChI is InChI=1S/C33H58O5/c1-7-8-9-10-11-12-13-14-15-16-17-18-19-20-21-22-25-33(29(35)36,30(37)38)27-24-23-26(2)32(6,28(27)34)31(3,4)5/h23-24,26,34H,7-22,25H2,1-6H3,(H,35,36)(H,37,38). The maximum Gasteiger partial charge on any atom is 0.325 e. The Morgan fingerprint density at radius 3 is 1.47 bits per heavy atom. The summed E-state index contributed by atoms with van der Waals surface area (Å²) in [5.74, 6) is -2.95. The fourth-order valence-corrected chi connectivity index (χ4v) is 6.00. The first kappa shape index (κ1) is 34.2. The predicted octanol–water partition coefficient (Wildman–Crippen LogP) is 9.86. The van der Waals surface area contributed by atoms with Crippen LogP contribution in [0.5, 0.6) is 0 Å². The molecule has 0 amide bonds. The number of hydrogen-bond acceptors (Lipinski definition) is 3. The van der Waals surface area contributed by atoms with E-state index in [1.807, 2.05) is 40.7 Å². The van der Waals surface area contributed by atoms with Gasteiger partial charge in [0, 0.05) is 11.0 Å². The van der Waals surface area contributed by atoms with E-state index in [4.69, 9.17) is 0 Å². The Morgan fingerprint density at radius 1 is 0.763 bits per heavy atom. The highest BCUT2D eigenvalue weighted by molar-refractivity contribution is 6.02. The van der Waals surface area contributed by atoms with Crippen molar-refractivity contribution in [3.05, 3.63) is 23.5 Å². The van der Waals surface area contributed by atoms with Crippen LogP contribution in [0.1, 0.15) is 151 Å². The van der Waals surface area contributed by atoms with Gasteiger partial charge in [-0.1, -0.05) is 156 Å². The number of hydrogen-bond donors (Lipinski definition) is 3. The lowest BCUT2D eigenvalue weighted by Crippen LogP contribution is -2.47. The Morgan fingerprint density at radius 2 is 1.13 bits per heavy atom. The van der Waals surface area contributed by atoms with E-state index >= 15 is 0 Å². The first-order chi connectivity index (χ1) is 17.9. The minimum absolute atomic E-state index is 0.0194. The summed E-state index contributed by atoms with van der Waals surface area (Å²) in [5, 5.41) is 31.7. The van der Waals surface area contributed by atoms with Crippen LogP contribution in [0.4, 0.5) is 0 Å². The first-order valence-corrected chi connectivity index (χ1v) is 15.5. The number of allylic oxidation sites excluding steroid dienone is 3. The van der Waals surface area contributed by atoms with Crippen molar-refractivity contribution in [1.29, 1.82) is 0 Å². The van der Waals surface area contributed by atoms with Crippen LogP contribution in [0.25, 0.3) is 0 Å². The van der Waals surface area contributed by atoms with Crippen LogP contribution < -0.4 is 0 Å². The topological polar surface area (TPSA) is 94.8 Å². The van der Waals surface area contributed by atoms with Crippen LogP contribution in [0.2, 0.25) is 0 Å². The summed E-state index contributed by atoms with van der Waals surface area (Å²) >= 11 is 0. The van der Waals surface area contributed by atoms with Crippen LogP contribution in [0, 0.1) is 22.2 Å². The number of carboxylic acid groups (broad SMARTS) is 2. The summed E-state index contributed by atoms with van der Waals surface area (Å²) in [7, 11) is 0. The predicted molar refractivity (Wildman–Crippen MR) is 157 cm³/mol. The fraction of sp³-hybridized carbons (Fsp3) is 0.818. The smallest absolute Gasteiger partial charge is 0.325 e. The molecule has 2 unspecified atom stereocenters. The molecule has 0 saturated heterocycles. The third-order valence-corrected chi connectivity index (χ3v) is 9.36. The molecular weight excluding hydrogens is 476 g/mol. The molecule has 38 heavy (non-hydrogen) atoms. The van der Waals surface area contributed by atoms with Crippen molar-refractivity contribution in [1.82, 2.24) is 0 Å². The lowest BCUT2D eigenvalue weighted by Gasteiger charge is -2.48. The van der Waals surface area contributed by atoms with Crippen molar-refractivity contribution in [3.63, 3.8) is 0 Å². The Balaban J connectivity index is 2.53. The van der Waals surface area contributed by atoms with Crippen LogP contribution in [0.15, 0.2) is 23.5 Å². The monoisotopic (exact) mass is 534 g/mol. The van der Waals surface area contributed by atoms with Gasteiger partial charge in [-0.25, -0.2) is 0 Å². The summed E-state index contributed by atoms with van der Waals surface area (Å²) in [6.07, 6.45) is 22.7. The summed E-state index contributed by atoms with van der Waals surface area (Å²) in [4.78, 5) is 25.0. The molecule has 0 heterocycles. The second kappa shape index (κ2) is 16.4. The Labute approximate surface area is 233 Å². The molecule has 0 aromatic heterocycles. The molecule has 1 aliphatic rings. The minimum atomic E-state index is -2.14. The highest BCUT2D eigenvalue weighted by atomic mass is 16.4. The van der Waals surface area contributed by atoms with E-state index < -0.39 is 22.8 Å². The number of carbonyl (C=O) groups is 2. The van der Waals surface area contributed by atoms with Crippen molar-refractivity contribution in [3.8, 4) is 0 Å². The summed E-state index contributed by atoms with van der Waals surface area (Å²) < 4.78 is 0. The van der Waals surface area contributed by atoms with Gasteiger partial charge >= 0.3 is 11.9 Å². The van der Waals surface area contributed by atoms with Gasteiger partial charge in [0.2, 0.25) is 0 Å². The van der Waals surface area contributed by atoms with Gasteiger partial charge in [0.1, 0.15) is 5.76 Å².